The molecule has 4 heteroatoms. The van der Waals surface area contributed by atoms with Gasteiger partial charge in [-0.3, -0.25) is 9.78 Å². The summed E-state index contributed by atoms with van der Waals surface area (Å²) >= 11 is 0. The average Bonchev–Trinajstić information content (AvgIpc) is 2.51. The largest absolute Gasteiger partial charge is 0.301 e. The molecular weight excluding hydrogens is 250 g/mol. The maximum atomic E-state index is 12.2. The molecule has 96 valence electrons. The molecule has 0 atom stereocenters. The highest BCUT2D eigenvalue weighted by molar-refractivity contribution is 5.96. The van der Waals surface area contributed by atoms with Gasteiger partial charge in [-0.05, 0) is 11.6 Å². The minimum absolute atomic E-state index is 0.253. The zero-order valence-electron chi connectivity index (χ0n) is 10.9. The Morgan fingerprint density at radius 2 is 1.90 bits per heavy atom. The number of nitrogens with zero attached hydrogens (tertiary/aromatic N) is 3. The molecule has 0 aliphatic heterocycles. The Hall–Kier alpha value is -2.93. The summed E-state index contributed by atoms with van der Waals surface area (Å²) in [6.07, 6.45) is 1.59. The number of fused-ring (bicyclic) bond motifs is 1. The minimum atomic E-state index is -0.253. The highest BCUT2D eigenvalue weighted by Crippen LogP contribution is 2.28. The first-order valence-electron chi connectivity index (χ1n) is 6.17. The number of hydrogen-bond donors (Lipinski definition) is 0. The molecule has 0 amide bonds. The van der Waals surface area contributed by atoms with E-state index in [0.717, 1.165) is 11.1 Å². The highest BCUT2D eigenvalue weighted by atomic mass is 16.1. The van der Waals surface area contributed by atoms with Crippen LogP contribution in [0.3, 0.4) is 0 Å². The van der Waals surface area contributed by atoms with Crippen LogP contribution in [-0.4, -0.2) is 9.55 Å². The smallest absolute Gasteiger partial charge is 0.277 e. The van der Waals surface area contributed by atoms with Crippen molar-refractivity contribution in [2.75, 3.05) is 0 Å². The fourth-order valence-corrected chi connectivity index (χ4v) is 2.36. The van der Waals surface area contributed by atoms with Gasteiger partial charge in [0.25, 0.3) is 5.56 Å². The number of rotatable bonds is 1. The van der Waals surface area contributed by atoms with Gasteiger partial charge in [0.05, 0.1) is 0 Å². The van der Waals surface area contributed by atoms with Crippen molar-refractivity contribution >= 4 is 10.9 Å². The van der Waals surface area contributed by atoms with Crippen LogP contribution in [0.2, 0.25) is 0 Å². The van der Waals surface area contributed by atoms with Crippen LogP contribution in [0, 0.1) is 11.3 Å². The third-order valence-electron chi connectivity index (χ3n) is 3.32. The van der Waals surface area contributed by atoms with Crippen molar-refractivity contribution in [1.82, 2.24) is 9.55 Å². The predicted octanol–water partition coefficient (Wildman–Crippen LogP) is 2.47. The van der Waals surface area contributed by atoms with E-state index in [2.05, 4.69) is 11.1 Å². The molecule has 0 spiro atoms. The van der Waals surface area contributed by atoms with Crippen LogP contribution in [-0.2, 0) is 7.05 Å². The van der Waals surface area contributed by atoms with Crippen molar-refractivity contribution < 1.29 is 0 Å². The van der Waals surface area contributed by atoms with Gasteiger partial charge in [0.2, 0.25) is 0 Å². The average molecular weight is 261 g/mol. The highest BCUT2D eigenvalue weighted by Gasteiger charge is 2.16. The quantitative estimate of drug-likeness (QED) is 0.676. The second-order valence-electron chi connectivity index (χ2n) is 4.47. The van der Waals surface area contributed by atoms with Crippen LogP contribution in [0.1, 0.15) is 5.69 Å². The van der Waals surface area contributed by atoms with E-state index in [0.29, 0.717) is 16.6 Å². The van der Waals surface area contributed by atoms with E-state index < -0.39 is 0 Å². The Kier molecular flexibility index (Phi) is 2.81. The standard InChI is InChI=1S/C16H11N3O/c1-19-13(10-17)14(11-6-3-2-4-7-11)12-8-5-9-18-15(12)16(19)20/h2-9H,1H3. The summed E-state index contributed by atoms with van der Waals surface area (Å²) in [6, 6.07) is 15.3. The molecule has 0 bridgehead atoms. The Labute approximate surface area is 115 Å². The summed E-state index contributed by atoms with van der Waals surface area (Å²) in [4.78, 5) is 16.4. The maximum absolute atomic E-state index is 12.2. The fourth-order valence-electron chi connectivity index (χ4n) is 2.36. The van der Waals surface area contributed by atoms with Gasteiger partial charge in [0.15, 0.2) is 0 Å². The van der Waals surface area contributed by atoms with Crippen LogP contribution in [0.15, 0.2) is 53.5 Å². The lowest BCUT2D eigenvalue weighted by Gasteiger charge is -2.12. The molecule has 3 aromatic rings. The topological polar surface area (TPSA) is 58.7 Å². The summed E-state index contributed by atoms with van der Waals surface area (Å²) in [5.41, 5.74) is 2.13. The van der Waals surface area contributed by atoms with E-state index in [4.69, 9.17) is 0 Å². The molecule has 4 nitrogen and oxygen atoms in total. The molecule has 0 radical (unpaired) electrons. The minimum Gasteiger partial charge on any atom is -0.301 e. The molecule has 0 N–H and O–H groups in total. The normalized spacial score (nSPS) is 10.4. The SMILES string of the molecule is Cn1c(C#N)c(-c2ccccc2)c2cccnc2c1=O. The second kappa shape index (κ2) is 4.63. The molecule has 0 saturated carbocycles. The first kappa shape index (κ1) is 12.1. The molecule has 0 fully saturated rings. The van der Waals surface area contributed by atoms with Crippen molar-refractivity contribution in [2.45, 2.75) is 0 Å². The summed E-state index contributed by atoms with van der Waals surface area (Å²) in [5.74, 6) is 0. The molecule has 3 rings (SSSR count). The third-order valence-corrected chi connectivity index (χ3v) is 3.32. The molecule has 1 aromatic carbocycles. The van der Waals surface area contributed by atoms with Crippen molar-refractivity contribution in [3.8, 4) is 17.2 Å². The van der Waals surface area contributed by atoms with Crippen molar-refractivity contribution in [3.05, 3.63) is 64.7 Å². The number of aromatic nitrogens is 2. The molecule has 20 heavy (non-hydrogen) atoms. The van der Waals surface area contributed by atoms with Crippen molar-refractivity contribution in [3.63, 3.8) is 0 Å². The van der Waals surface area contributed by atoms with E-state index in [1.807, 2.05) is 36.4 Å². The molecule has 0 saturated heterocycles. The van der Waals surface area contributed by atoms with E-state index in [-0.39, 0.29) is 5.56 Å². The Balaban J connectivity index is 2.57. The van der Waals surface area contributed by atoms with Gasteiger partial charge in [-0.1, -0.05) is 36.4 Å². The van der Waals surface area contributed by atoms with Crippen LogP contribution < -0.4 is 5.56 Å². The first-order valence-corrected chi connectivity index (χ1v) is 6.17. The van der Waals surface area contributed by atoms with Crippen LogP contribution in [0.25, 0.3) is 22.0 Å². The molecule has 0 aliphatic rings. The lowest BCUT2D eigenvalue weighted by atomic mass is 9.99. The van der Waals surface area contributed by atoms with Gasteiger partial charge in [-0.2, -0.15) is 5.26 Å². The van der Waals surface area contributed by atoms with Gasteiger partial charge in [-0.25, -0.2) is 0 Å². The molecule has 0 aliphatic carbocycles. The predicted molar refractivity (Wildman–Crippen MR) is 77.1 cm³/mol. The van der Waals surface area contributed by atoms with Crippen molar-refractivity contribution in [1.29, 1.82) is 5.26 Å². The van der Waals surface area contributed by atoms with E-state index in [1.54, 1.807) is 19.3 Å². The zero-order valence-corrected chi connectivity index (χ0v) is 10.9. The maximum Gasteiger partial charge on any atom is 0.277 e. The zero-order chi connectivity index (χ0) is 14.1. The van der Waals surface area contributed by atoms with Gasteiger partial charge < -0.3 is 4.57 Å². The lowest BCUT2D eigenvalue weighted by Crippen LogP contribution is -2.21. The number of pyridine rings is 2. The lowest BCUT2D eigenvalue weighted by molar-refractivity contribution is 0.853. The second-order valence-corrected chi connectivity index (χ2v) is 4.47. The molecular formula is C16H11N3O. The summed E-state index contributed by atoms with van der Waals surface area (Å²) < 4.78 is 1.36. The van der Waals surface area contributed by atoms with E-state index in [1.165, 1.54) is 4.57 Å². The first-order chi connectivity index (χ1) is 9.74. The summed E-state index contributed by atoms with van der Waals surface area (Å²) in [6.45, 7) is 0. The van der Waals surface area contributed by atoms with Crippen LogP contribution in [0.5, 0.6) is 0 Å². The third kappa shape index (κ3) is 1.69. The number of benzene rings is 1. The van der Waals surface area contributed by atoms with Gasteiger partial charge in [-0.15, -0.1) is 0 Å². The Morgan fingerprint density at radius 1 is 1.15 bits per heavy atom. The van der Waals surface area contributed by atoms with Crippen LogP contribution in [0.4, 0.5) is 0 Å². The van der Waals surface area contributed by atoms with Gasteiger partial charge in [0.1, 0.15) is 17.3 Å². The summed E-state index contributed by atoms with van der Waals surface area (Å²) in [7, 11) is 1.60. The number of nitriles is 1. The van der Waals surface area contributed by atoms with E-state index in [9.17, 15) is 10.1 Å². The fraction of sp³-hybridized carbons (Fsp3) is 0.0625. The van der Waals surface area contributed by atoms with E-state index >= 15 is 0 Å². The van der Waals surface area contributed by atoms with Crippen LogP contribution >= 0.6 is 0 Å². The number of hydrogen-bond acceptors (Lipinski definition) is 3. The Bertz CT molecular complexity index is 889. The molecule has 2 heterocycles. The molecule has 0 unspecified atom stereocenters. The van der Waals surface area contributed by atoms with Gasteiger partial charge in [0, 0.05) is 24.2 Å². The molecule has 2 aromatic heterocycles. The summed E-state index contributed by atoms with van der Waals surface area (Å²) in [5, 5.41) is 10.1. The monoisotopic (exact) mass is 261 g/mol. The Morgan fingerprint density at radius 3 is 2.60 bits per heavy atom. The van der Waals surface area contributed by atoms with Gasteiger partial charge >= 0.3 is 0 Å². The van der Waals surface area contributed by atoms with Crippen molar-refractivity contribution in [2.24, 2.45) is 7.05 Å².